The maximum absolute atomic E-state index is 15.0. The third-order valence-corrected chi connectivity index (χ3v) is 6.02. The summed E-state index contributed by atoms with van der Waals surface area (Å²) in [5, 5.41) is 32.0. The number of ether oxygens (including phenoxy) is 2. The van der Waals surface area contributed by atoms with Crippen molar-refractivity contribution in [3.63, 3.8) is 0 Å². The summed E-state index contributed by atoms with van der Waals surface area (Å²) in [6, 6.07) is 15.9. The number of nitriles is 2. The number of aliphatic hydroxyl groups is 1. The minimum absolute atomic E-state index is 0.136. The van der Waals surface area contributed by atoms with Gasteiger partial charge in [0.15, 0.2) is 5.41 Å². The molecular weight excluding hydrogens is 427 g/mol. The molecule has 0 aliphatic heterocycles. The van der Waals surface area contributed by atoms with Crippen LogP contribution in [0.1, 0.15) is 28.5 Å². The van der Waals surface area contributed by atoms with Gasteiger partial charge in [0.2, 0.25) is 0 Å². The fourth-order valence-corrected chi connectivity index (χ4v) is 4.48. The molecule has 3 rings (SSSR count). The van der Waals surface area contributed by atoms with Gasteiger partial charge in [0.1, 0.15) is 17.5 Å². The summed E-state index contributed by atoms with van der Waals surface area (Å²) in [4.78, 5) is 25.7. The first-order chi connectivity index (χ1) is 15.8. The molecule has 0 radical (unpaired) electrons. The predicted molar refractivity (Wildman–Crippen MR) is 114 cm³/mol. The van der Waals surface area contributed by atoms with Crippen molar-refractivity contribution >= 4 is 11.9 Å². The van der Waals surface area contributed by atoms with E-state index in [1.165, 1.54) is 18.2 Å². The van der Waals surface area contributed by atoms with Gasteiger partial charge in [0, 0.05) is 5.92 Å². The molecule has 0 saturated heterocycles. The zero-order valence-corrected chi connectivity index (χ0v) is 18.2. The Balaban J connectivity index is 2.51. The van der Waals surface area contributed by atoms with E-state index in [1.807, 2.05) is 19.1 Å². The zero-order valence-electron chi connectivity index (χ0n) is 18.2. The molecular formula is C25H21FN2O5. The number of esters is 2. The van der Waals surface area contributed by atoms with Crippen LogP contribution in [-0.4, -0.2) is 31.3 Å². The second-order valence-corrected chi connectivity index (χ2v) is 7.73. The summed E-state index contributed by atoms with van der Waals surface area (Å²) in [5.41, 5.74) is -1.51. The lowest BCUT2D eigenvalue weighted by molar-refractivity contribution is -0.147. The molecule has 2 aromatic rings. The Morgan fingerprint density at radius 1 is 1.03 bits per heavy atom. The fourth-order valence-electron chi connectivity index (χ4n) is 4.48. The van der Waals surface area contributed by atoms with E-state index in [9.17, 15) is 25.2 Å². The Labute approximate surface area is 190 Å². The second kappa shape index (κ2) is 9.13. The summed E-state index contributed by atoms with van der Waals surface area (Å²) in [7, 11) is 2.13. The molecule has 0 unspecified atom stereocenters. The van der Waals surface area contributed by atoms with E-state index in [1.54, 1.807) is 24.3 Å². The minimum Gasteiger partial charge on any atom is -0.511 e. The van der Waals surface area contributed by atoms with Gasteiger partial charge in [-0.05, 0) is 24.1 Å². The predicted octanol–water partition coefficient (Wildman–Crippen LogP) is 3.82. The van der Waals surface area contributed by atoms with E-state index in [2.05, 4.69) is 0 Å². The molecule has 33 heavy (non-hydrogen) atoms. The van der Waals surface area contributed by atoms with Crippen molar-refractivity contribution in [1.29, 1.82) is 10.5 Å². The van der Waals surface area contributed by atoms with E-state index in [-0.39, 0.29) is 5.56 Å². The van der Waals surface area contributed by atoms with Crippen molar-refractivity contribution in [2.75, 3.05) is 14.2 Å². The van der Waals surface area contributed by atoms with Gasteiger partial charge in [-0.3, -0.25) is 4.79 Å². The minimum atomic E-state index is -2.17. The molecule has 0 bridgehead atoms. The van der Waals surface area contributed by atoms with Crippen molar-refractivity contribution in [2.45, 2.75) is 18.8 Å². The Morgan fingerprint density at radius 2 is 1.64 bits per heavy atom. The highest BCUT2D eigenvalue weighted by molar-refractivity contribution is 5.94. The van der Waals surface area contributed by atoms with Crippen LogP contribution in [0.5, 0.6) is 0 Å². The molecule has 0 spiro atoms. The van der Waals surface area contributed by atoms with Crippen molar-refractivity contribution in [3.05, 3.63) is 82.4 Å². The highest BCUT2D eigenvalue weighted by Gasteiger charge is 2.62. The van der Waals surface area contributed by atoms with Crippen molar-refractivity contribution in [1.82, 2.24) is 0 Å². The van der Waals surface area contributed by atoms with E-state index in [0.29, 0.717) is 5.56 Å². The van der Waals surface area contributed by atoms with Crippen LogP contribution in [0.15, 0.2) is 59.9 Å². The Hall–Kier alpha value is -4.17. The fraction of sp³-hybridized carbons (Fsp3) is 0.280. The van der Waals surface area contributed by atoms with Crippen LogP contribution in [0.2, 0.25) is 0 Å². The van der Waals surface area contributed by atoms with E-state index in [0.717, 1.165) is 25.8 Å². The Kier molecular flexibility index (Phi) is 6.50. The number of benzene rings is 2. The number of halogens is 1. The number of methoxy groups -OCH3 is 2. The number of hydrogen-bond donors (Lipinski definition) is 1. The molecule has 0 heterocycles. The molecule has 0 amide bonds. The highest BCUT2D eigenvalue weighted by atomic mass is 19.1. The summed E-state index contributed by atoms with van der Waals surface area (Å²) in [6.07, 6.45) is 0. The van der Waals surface area contributed by atoms with Gasteiger partial charge in [0.25, 0.3) is 0 Å². The lowest BCUT2D eigenvalue weighted by Gasteiger charge is -2.44. The molecule has 2 aromatic carbocycles. The number of hydrogen-bond acceptors (Lipinski definition) is 7. The lowest BCUT2D eigenvalue weighted by Crippen LogP contribution is -2.47. The number of carbonyl (C=O) groups is 2. The summed E-state index contributed by atoms with van der Waals surface area (Å²) in [6.45, 7) is 1.83. The second-order valence-electron chi connectivity index (χ2n) is 7.73. The molecule has 1 aliphatic rings. The van der Waals surface area contributed by atoms with Crippen molar-refractivity contribution < 1.29 is 28.6 Å². The first kappa shape index (κ1) is 23.5. The maximum atomic E-state index is 15.0. The van der Waals surface area contributed by atoms with E-state index in [4.69, 9.17) is 9.47 Å². The number of rotatable bonds is 4. The standard InChI is InChI=1S/C25H21FN2O5/c1-14-8-10-15(11-9-14)20-18(23(30)32-2)22(29)19(24(31)33-3)21(25(20,12-27)13-28)16-6-4-5-7-17(16)26/h4-11,19-21,29H,1-3H3/t19-,20-,21+/m1/s1. The number of aryl methyl sites for hydroxylation is 1. The van der Waals surface area contributed by atoms with Gasteiger partial charge in [-0.15, -0.1) is 0 Å². The normalized spacial score (nSPS) is 21.5. The molecule has 168 valence electrons. The van der Waals surface area contributed by atoms with Gasteiger partial charge in [-0.2, -0.15) is 10.5 Å². The molecule has 0 aromatic heterocycles. The topological polar surface area (TPSA) is 120 Å². The maximum Gasteiger partial charge on any atom is 0.337 e. The smallest absolute Gasteiger partial charge is 0.337 e. The molecule has 0 saturated carbocycles. The first-order valence-corrected chi connectivity index (χ1v) is 10.00. The van der Waals surface area contributed by atoms with Crippen LogP contribution in [0.4, 0.5) is 4.39 Å². The van der Waals surface area contributed by atoms with E-state index >= 15 is 4.39 Å². The first-order valence-electron chi connectivity index (χ1n) is 10.00. The molecule has 8 heteroatoms. The molecule has 1 N–H and O–H groups in total. The van der Waals surface area contributed by atoms with Crippen LogP contribution in [-0.2, 0) is 19.1 Å². The third kappa shape index (κ3) is 3.70. The number of carbonyl (C=O) groups excluding carboxylic acids is 2. The molecule has 1 aliphatic carbocycles. The van der Waals surface area contributed by atoms with Crippen molar-refractivity contribution in [3.8, 4) is 12.1 Å². The van der Waals surface area contributed by atoms with Gasteiger partial charge >= 0.3 is 11.9 Å². The van der Waals surface area contributed by atoms with Crippen LogP contribution in [0, 0.1) is 46.7 Å². The van der Waals surface area contributed by atoms with Gasteiger partial charge in [-0.1, -0.05) is 48.0 Å². The number of nitrogens with zero attached hydrogens (tertiary/aromatic N) is 2. The van der Waals surface area contributed by atoms with Crippen LogP contribution in [0.25, 0.3) is 0 Å². The van der Waals surface area contributed by atoms with E-state index < -0.39 is 52.3 Å². The Morgan fingerprint density at radius 3 is 2.15 bits per heavy atom. The molecule has 0 fully saturated rings. The molecule has 7 nitrogen and oxygen atoms in total. The summed E-state index contributed by atoms with van der Waals surface area (Å²) >= 11 is 0. The summed E-state index contributed by atoms with van der Waals surface area (Å²) < 4.78 is 24.7. The van der Waals surface area contributed by atoms with Crippen LogP contribution < -0.4 is 0 Å². The van der Waals surface area contributed by atoms with Gasteiger partial charge in [0.05, 0.1) is 37.8 Å². The zero-order chi connectivity index (χ0) is 24.3. The SMILES string of the molecule is COC(=O)C1=C(O)[C@H](C(=O)OC)[C@H](c2ccccc2F)C(C#N)(C#N)[C@@H]1c1ccc(C)cc1. The highest BCUT2D eigenvalue weighted by Crippen LogP contribution is 2.59. The van der Waals surface area contributed by atoms with Gasteiger partial charge < -0.3 is 14.6 Å². The Bertz CT molecular complexity index is 1190. The third-order valence-electron chi connectivity index (χ3n) is 6.02. The quantitative estimate of drug-likeness (QED) is 0.706. The molecule has 3 atom stereocenters. The average molecular weight is 448 g/mol. The van der Waals surface area contributed by atoms with Crippen molar-refractivity contribution in [2.24, 2.45) is 11.3 Å². The van der Waals surface area contributed by atoms with Crippen LogP contribution >= 0.6 is 0 Å². The average Bonchev–Trinajstić information content (AvgIpc) is 2.83. The summed E-state index contributed by atoms with van der Waals surface area (Å²) in [5.74, 6) is -8.07. The van der Waals surface area contributed by atoms with Crippen LogP contribution in [0.3, 0.4) is 0 Å². The number of aliphatic hydroxyl groups excluding tert-OH is 1. The largest absolute Gasteiger partial charge is 0.511 e. The lowest BCUT2D eigenvalue weighted by atomic mass is 9.54. The monoisotopic (exact) mass is 448 g/mol. The van der Waals surface area contributed by atoms with Gasteiger partial charge in [-0.25, -0.2) is 9.18 Å².